The Morgan fingerprint density at radius 2 is 1.95 bits per heavy atom. The van der Waals surface area contributed by atoms with Gasteiger partial charge in [0.15, 0.2) is 0 Å². The van der Waals surface area contributed by atoms with Crippen molar-refractivity contribution in [2.75, 3.05) is 12.9 Å². The summed E-state index contributed by atoms with van der Waals surface area (Å²) >= 11 is 3.89. The van der Waals surface area contributed by atoms with Crippen LogP contribution in [0.5, 0.6) is 5.75 Å². The molecule has 1 aromatic carbocycles. The molecular formula is C12H15F3O3S. The van der Waals surface area contributed by atoms with Crippen molar-refractivity contribution in [3.63, 3.8) is 0 Å². The summed E-state index contributed by atoms with van der Waals surface area (Å²) in [5.74, 6) is -0.00678. The fourth-order valence-electron chi connectivity index (χ4n) is 1.64. The van der Waals surface area contributed by atoms with Gasteiger partial charge in [-0.2, -0.15) is 25.8 Å². The third-order valence-electron chi connectivity index (χ3n) is 2.66. The van der Waals surface area contributed by atoms with Crippen molar-refractivity contribution in [1.29, 1.82) is 0 Å². The predicted octanol–water partition coefficient (Wildman–Crippen LogP) is 2.43. The number of thiol groups is 1. The lowest BCUT2D eigenvalue weighted by Crippen LogP contribution is -2.19. The zero-order valence-corrected chi connectivity index (χ0v) is 11.1. The van der Waals surface area contributed by atoms with E-state index in [0.717, 1.165) is 19.2 Å². The van der Waals surface area contributed by atoms with Gasteiger partial charge in [-0.3, -0.25) is 0 Å². The summed E-state index contributed by atoms with van der Waals surface area (Å²) in [6, 6.07) is 3.19. The standard InChI is InChI=1S/C12H15F3O3S/c1-18-10-3-2-7(6-8(10)12(13,14)15)11(17)9(16)4-5-19/h2-3,6,9,11,16-17,19H,4-5H2,1H3. The molecule has 0 aromatic heterocycles. The third kappa shape index (κ3) is 4.02. The second-order valence-electron chi connectivity index (χ2n) is 3.98. The van der Waals surface area contributed by atoms with Crippen LogP contribution in [0.4, 0.5) is 13.2 Å². The van der Waals surface area contributed by atoms with Crippen LogP contribution in [0.15, 0.2) is 18.2 Å². The lowest BCUT2D eigenvalue weighted by Gasteiger charge is -2.20. The highest BCUT2D eigenvalue weighted by Gasteiger charge is 2.35. The Labute approximate surface area is 114 Å². The normalized spacial score (nSPS) is 15.1. The molecular weight excluding hydrogens is 281 g/mol. The van der Waals surface area contributed by atoms with Crippen LogP contribution in [0, 0.1) is 0 Å². The molecule has 0 fully saturated rings. The first-order valence-corrected chi connectivity index (χ1v) is 6.16. The average Bonchev–Trinajstić information content (AvgIpc) is 2.36. The minimum absolute atomic E-state index is 0.0117. The molecule has 0 saturated heterocycles. The summed E-state index contributed by atoms with van der Waals surface area (Å²) < 4.78 is 43.0. The third-order valence-corrected chi connectivity index (χ3v) is 2.92. The maximum absolute atomic E-state index is 12.8. The SMILES string of the molecule is COc1ccc(C(O)C(O)CCS)cc1C(F)(F)F. The van der Waals surface area contributed by atoms with Crippen LogP contribution in [0.25, 0.3) is 0 Å². The van der Waals surface area contributed by atoms with Gasteiger partial charge in [0, 0.05) is 0 Å². The number of hydrogen-bond donors (Lipinski definition) is 3. The molecule has 2 unspecified atom stereocenters. The number of methoxy groups -OCH3 is 1. The minimum atomic E-state index is -4.59. The van der Waals surface area contributed by atoms with Crippen molar-refractivity contribution in [1.82, 2.24) is 0 Å². The number of halogens is 3. The Morgan fingerprint density at radius 3 is 2.42 bits per heavy atom. The van der Waals surface area contributed by atoms with Crippen LogP contribution in [0.2, 0.25) is 0 Å². The van der Waals surface area contributed by atoms with Gasteiger partial charge >= 0.3 is 6.18 Å². The summed E-state index contributed by atoms with van der Waals surface area (Å²) in [7, 11) is 1.14. The monoisotopic (exact) mass is 296 g/mol. The van der Waals surface area contributed by atoms with Crippen LogP contribution in [-0.2, 0) is 6.18 Å². The smallest absolute Gasteiger partial charge is 0.419 e. The highest BCUT2D eigenvalue weighted by molar-refractivity contribution is 7.80. The molecule has 3 nitrogen and oxygen atoms in total. The Hall–Kier alpha value is -0.920. The van der Waals surface area contributed by atoms with Crippen molar-refractivity contribution in [3.8, 4) is 5.75 Å². The van der Waals surface area contributed by atoms with E-state index in [1.165, 1.54) is 6.07 Å². The first-order chi connectivity index (χ1) is 8.81. The largest absolute Gasteiger partial charge is 0.496 e. The van der Waals surface area contributed by atoms with Crippen molar-refractivity contribution in [2.24, 2.45) is 0 Å². The van der Waals surface area contributed by atoms with E-state index in [1.807, 2.05) is 0 Å². The molecule has 0 aliphatic heterocycles. The molecule has 0 spiro atoms. The topological polar surface area (TPSA) is 49.7 Å². The highest BCUT2D eigenvalue weighted by atomic mass is 32.1. The van der Waals surface area contributed by atoms with Gasteiger partial charge in [0.2, 0.25) is 0 Å². The van der Waals surface area contributed by atoms with E-state index in [2.05, 4.69) is 17.4 Å². The van der Waals surface area contributed by atoms with Gasteiger partial charge in [-0.05, 0) is 29.9 Å². The van der Waals surface area contributed by atoms with E-state index in [4.69, 9.17) is 0 Å². The van der Waals surface area contributed by atoms with E-state index in [-0.39, 0.29) is 17.7 Å². The van der Waals surface area contributed by atoms with Crippen molar-refractivity contribution >= 4 is 12.6 Å². The van der Waals surface area contributed by atoms with E-state index >= 15 is 0 Å². The van der Waals surface area contributed by atoms with Crippen LogP contribution in [0.3, 0.4) is 0 Å². The molecule has 2 N–H and O–H groups in total. The first-order valence-electron chi connectivity index (χ1n) is 5.53. The maximum Gasteiger partial charge on any atom is 0.419 e. The Kier molecular flexibility index (Phi) is 5.51. The summed E-state index contributed by atoms with van der Waals surface area (Å²) in [6.07, 6.45) is -6.96. The molecule has 1 aromatic rings. The Morgan fingerprint density at radius 1 is 1.32 bits per heavy atom. The number of aliphatic hydroxyl groups is 2. The van der Waals surface area contributed by atoms with Crippen LogP contribution >= 0.6 is 12.6 Å². The first kappa shape index (κ1) is 16.1. The maximum atomic E-state index is 12.8. The van der Waals surface area contributed by atoms with Gasteiger partial charge in [0.25, 0.3) is 0 Å². The van der Waals surface area contributed by atoms with E-state index < -0.39 is 23.9 Å². The number of alkyl halides is 3. The number of benzene rings is 1. The molecule has 19 heavy (non-hydrogen) atoms. The minimum Gasteiger partial charge on any atom is -0.496 e. The molecule has 7 heteroatoms. The summed E-state index contributed by atoms with van der Waals surface area (Å²) in [6.45, 7) is 0. The predicted molar refractivity (Wildman–Crippen MR) is 67.4 cm³/mol. The van der Waals surface area contributed by atoms with Gasteiger partial charge < -0.3 is 14.9 Å². The van der Waals surface area contributed by atoms with Crippen LogP contribution in [0.1, 0.15) is 23.7 Å². The lowest BCUT2D eigenvalue weighted by molar-refractivity contribution is -0.138. The fourth-order valence-corrected chi connectivity index (χ4v) is 1.91. The summed E-state index contributed by atoms with van der Waals surface area (Å²) in [5, 5.41) is 19.4. The van der Waals surface area contributed by atoms with Gasteiger partial charge in [-0.1, -0.05) is 6.07 Å². The number of rotatable bonds is 5. The molecule has 108 valence electrons. The quantitative estimate of drug-likeness (QED) is 0.731. The Bertz CT molecular complexity index is 423. The van der Waals surface area contributed by atoms with Crippen molar-refractivity contribution in [3.05, 3.63) is 29.3 Å². The molecule has 1 rings (SSSR count). The van der Waals surface area contributed by atoms with Gasteiger partial charge in [-0.15, -0.1) is 0 Å². The molecule has 0 aliphatic carbocycles. The highest BCUT2D eigenvalue weighted by Crippen LogP contribution is 2.38. The summed E-state index contributed by atoms with van der Waals surface area (Å²) in [4.78, 5) is 0. The average molecular weight is 296 g/mol. The van der Waals surface area contributed by atoms with E-state index in [0.29, 0.717) is 5.75 Å². The fraction of sp³-hybridized carbons (Fsp3) is 0.500. The number of ether oxygens (including phenoxy) is 1. The number of hydrogen-bond acceptors (Lipinski definition) is 4. The Balaban J connectivity index is 3.11. The van der Waals surface area contributed by atoms with Crippen molar-refractivity contribution in [2.45, 2.75) is 24.8 Å². The van der Waals surface area contributed by atoms with Gasteiger partial charge in [0.1, 0.15) is 11.9 Å². The van der Waals surface area contributed by atoms with Crippen LogP contribution in [-0.4, -0.2) is 29.2 Å². The summed E-state index contributed by atoms with van der Waals surface area (Å²) in [5.41, 5.74) is -0.993. The van der Waals surface area contributed by atoms with E-state index in [1.54, 1.807) is 0 Å². The zero-order chi connectivity index (χ0) is 14.6. The molecule has 0 radical (unpaired) electrons. The molecule has 0 amide bonds. The lowest BCUT2D eigenvalue weighted by atomic mass is 10.00. The molecule has 0 heterocycles. The molecule has 0 saturated carbocycles. The number of aliphatic hydroxyl groups excluding tert-OH is 2. The van der Waals surface area contributed by atoms with Gasteiger partial charge in [0.05, 0.1) is 18.8 Å². The molecule has 0 aliphatic rings. The molecule has 2 atom stereocenters. The second kappa shape index (κ2) is 6.49. The zero-order valence-electron chi connectivity index (χ0n) is 10.2. The molecule has 0 bridgehead atoms. The van der Waals surface area contributed by atoms with E-state index in [9.17, 15) is 23.4 Å². The van der Waals surface area contributed by atoms with Crippen molar-refractivity contribution < 1.29 is 28.1 Å². The van der Waals surface area contributed by atoms with Crippen LogP contribution < -0.4 is 4.74 Å². The van der Waals surface area contributed by atoms with Gasteiger partial charge in [-0.25, -0.2) is 0 Å². The second-order valence-corrected chi connectivity index (χ2v) is 4.43.